The van der Waals surface area contributed by atoms with Crippen LogP contribution in [-0.2, 0) is 4.79 Å². The molecule has 0 saturated heterocycles. The van der Waals surface area contributed by atoms with E-state index in [1.54, 1.807) is 49.4 Å². The van der Waals surface area contributed by atoms with Gasteiger partial charge in [0.05, 0.1) is 12.8 Å². The lowest BCUT2D eigenvalue weighted by molar-refractivity contribution is -0.122. The van der Waals surface area contributed by atoms with Gasteiger partial charge in [-0.2, -0.15) is 0 Å². The number of benzene rings is 2. The van der Waals surface area contributed by atoms with Crippen LogP contribution < -0.4 is 14.8 Å². The summed E-state index contributed by atoms with van der Waals surface area (Å²) in [5, 5.41) is 3.84. The Morgan fingerprint density at radius 1 is 1.09 bits per heavy atom. The molecule has 2 rings (SSSR count). The first-order valence-electron chi connectivity index (χ1n) is 6.56. The van der Waals surface area contributed by atoms with Crippen LogP contribution >= 0.6 is 23.2 Å². The van der Waals surface area contributed by atoms with Crippen molar-refractivity contribution in [3.63, 3.8) is 0 Å². The molecule has 0 heterocycles. The van der Waals surface area contributed by atoms with E-state index >= 15 is 0 Å². The van der Waals surface area contributed by atoms with Crippen LogP contribution in [0.3, 0.4) is 0 Å². The van der Waals surface area contributed by atoms with Crippen LogP contribution in [0.15, 0.2) is 42.5 Å². The Labute approximate surface area is 138 Å². The van der Waals surface area contributed by atoms with Crippen LogP contribution in [0.2, 0.25) is 10.0 Å². The molecule has 2 aromatic rings. The van der Waals surface area contributed by atoms with Gasteiger partial charge in [-0.05, 0) is 49.4 Å². The van der Waals surface area contributed by atoms with Crippen LogP contribution in [0.25, 0.3) is 0 Å². The number of hydrogen-bond donors (Lipinski definition) is 1. The number of amides is 1. The molecule has 0 saturated carbocycles. The molecule has 22 heavy (non-hydrogen) atoms. The lowest BCUT2D eigenvalue weighted by Gasteiger charge is -2.16. The topological polar surface area (TPSA) is 47.6 Å². The molecule has 2 aromatic carbocycles. The van der Waals surface area contributed by atoms with Crippen LogP contribution in [0.4, 0.5) is 5.69 Å². The molecule has 0 bridgehead atoms. The minimum atomic E-state index is -0.690. The van der Waals surface area contributed by atoms with Crippen molar-refractivity contribution in [3.05, 3.63) is 52.5 Å². The molecule has 6 heteroatoms. The maximum Gasteiger partial charge on any atom is 0.265 e. The average molecular weight is 340 g/mol. The third kappa shape index (κ3) is 4.29. The highest BCUT2D eigenvalue weighted by atomic mass is 35.5. The molecule has 1 atom stereocenters. The van der Waals surface area contributed by atoms with Gasteiger partial charge in [-0.3, -0.25) is 4.79 Å². The highest BCUT2D eigenvalue weighted by Gasteiger charge is 2.17. The molecular formula is C16H15Cl2NO3. The van der Waals surface area contributed by atoms with Crippen LogP contribution in [0, 0.1) is 0 Å². The molecule has 1 N–H and O–H groups in total. The van der Waals surface area contributed by atoms with Gasteiger partial charge in [0.25, 0.3) is 5.91 Å². The molecule has 0 aromatic heterocycles. The van der Waals surface area contributed by atoms with Crippen LogP contribution in [0.5, 0.6) is 11.5 Å². The fourth-order valence-corrected chi connectivity index (χ4v) is 2.08. The Balaban J connectivity index is 2.05. The van der Waals surface area contributed by atoms with E-state index in [1.807, 2.05) is 0 Å². The van der Waals surface area contributed by atoms with E-state index in [2.05, 4.69) is 5.32 Å². The number of rotatable bonds is 5. The van der Waals surface area contributed by atoms with Gasteiger partial charge in [0.1, 0.15) is 11.5 Å². The first-order valence-corrected chi connectivity index (χ1v) is 7.32. The summed E-state index contributed by atoms with van der Waals surface area (Å²) < 4.78 is 10.7. The molecule has 1 unspecified atom stereocenters. The van der Waals surface area contributed by atoms with Crippen molar-refractivity contribution < 1.29 is 14.3 Å². The van der Waals surface area contributed by atoms with Crippen molar-refractivity contribution in [2.24, 2.45) is 0 Å². The van der Waals surface area contributed by atoms with E-state index in [-0.39, 0.29) is 5.91 Å². The third-order valence-electron chi connectivity index (χ3n) is 2.92. The van der Waals surface area contributed by atoms with Crippen molar-refractivity contribution >= 4 is 34.8 Å². The van der Waals surface area contributed by atoms with E-state index in [0.29, 0.717) is 27.2 Å². The molecular weight excluding hydrogens is 325 g/mol. The normalized spacial score (nSPS) is 11.6. The highest BCUT2D eigenvalue weighted by Crippen LogP contribution is 2.28. The second kappa shape index (κ2) is 7.38. The maximum atomic E-state index is 12.2. The first-order chi connectivity index (χ1) is 10.5. The van der Waals surface area contributed by atoms with E-state index in [4.69, 9.17) is 32.7 Å². The minimum absolute atomic E-state index is 0.310. The predicted octanol–water partition coefficient (Wildman–Crippen LogP) is 4.41. The molecule has 0 aliphatic rings. The van der Waals surface area contributed by atoms with Crippen LogP contribution in [0.1, 0.15) is 6.92 Å². The fourth-order valence-electron chi connectivity index (χ4n) is 1.78. The number of nitrogens with one attached hydrogen (secondary N) is 1. The number of methoxy groups -OCH3 is 1. The molecule has 0 fully saturated rings. The minimum Gasteiger partial charge on any atom is -0.495 e. The smallest absolute Gasteiger partial charge is 0.265 e. The SMILES string of the molecule is COc1ccc(Cl)cc1NC(=O)C(C)Oc1ccc(Cl)cc1. The molecule has 0 aliphatic carbocycles. The summed E-state index contributed by atoms with van der Waals surface area (Å²) in [5.74, 6) is 0.775. The van der Waals surface area contributed by atoms with Gasteiger partial charge in [0, 0.05) is 10.0 Å². The lowest BCUT2D eigenvalue weighted by Crippen LogP contribution is -2.30. The van der Waals surface area contributed by atoms with Gasteiger partial charge in [0.2, 0.25) is 0 Å². The fraction of sp³-hybridized carbons (Fsp3) is 0.188. The summed E-state index contributed by atoms with van der Waals surface area (Å²) in [4.78, 5) is 12.2. The van der Waals surface area contributed by atoms with Crippen molar-refractivity contribution in [1.82, 2.24) is 0 Å². The highest BCUT2D eigenvalue weighted by molar-refractivity contribution is 6.31. The standard InChI is InChI=1S/C16H15Cl2NO3/c1-10(22-13-6-3-11(17)4-7-13)16(20)19-14-9-12(18)5-8-15(14)21-2/h3-10H,1-2H3,(H,19,20). The number of carbonyl (C=O) groups excluding carboxylic acids is 1. The number of anilines is 1. The van der Waals surface area contributed by atoms with E-state index in [1.165, 1.54) is 7.11 Å². The van der Waals surface area contributed by atoms with Crippen molar-refractivity contribution in [2.45, 2.75) is 13.0 Å². The van der Waals surface area contributed by atoms with E-state index in [0.717, 1.165) is 0 Å². The lowest BCUT2D eigenvalue weighted by atomic mass is 10.2. The van der Waals surface area contributed by atoms with Gasteiger partial charge in [-0.25, -0.2) is 0 Å². The largest absolute Gasteiger partial charge is 0.495 e. The van der Waals surface area contributed by atoms with Gasteiger partial charge in [0.15, 0.2) is 6.10 Å². The van der Waals surface area contributed by atoms with Crippen molar-refractivity contribution in [3.8, 4) is 11.5 Å². The van der Waals surface area contributed by atoms with Gasteiger partial charge >= 0.3 is 0 Å². The number of halogens is 2. The van der Waals surface area contributed by atoms with Crippen molar-refractivity contribution in [2.75, 3.05) is 12.4 Å². The number of ether oxygens (including phenoxy) is 2. The summed E-state index contributed by atoms with van der Waals surface area (Å²) in [6, 6.07) is 11.8. The Bertz CT molecular complexity index is 659. The van der Waals surface area contributed by atoms with Gasteiger partial charge in [-0.15, -0.1) is 0 Å². The summed E-state index contributed by atoms with van der Waals surface area (Å²) in [6.45, 7) is 1.65. The summed E-state index contributed by atoms with van der Waals surface area (Å²) in [6.07, 6.45) is -0.690. The van der Waals surface area contributed by atoms with Crippen LogP contribution in [-0.4, -0.2) is 19.1 Å². The zero-order valence-corrected chi connectivity index (χ0v) is 13.6. The monoisotopic (exact) mass is 339 g/mol. The van der Waals surface area contributed by atoms with Gasteiger partial charge in [-0.1, -0.05) is 23.2 Å². The Morgan fingerprint density at radius 3 is 2.36 bits per heavy atom. The zero-order valence-electron chi connectivity index (χ0n) is 12.1. The average Bonchev–Trinajstić information content (AvgIpc) is 2.49. The molecule has 0 radical (unpaired) electrons. The Hall–Kier alpha value is -1.91. The first kappa shape index (κ1) is 16.5. The summed E-state index contributed by atoms with van der Waals surface area (Å²) >= 11 is 11.7. The summed E-state index contributed by atoms with van der Waals surface area (Å²) in [7, 11) is 1.52. The molecule has 4 nitrogen and oxygen atoms in total. The quantitative estimate of drug-likeness (QED) is 0.877. The second-order valence-electron chi connectivity index (χ2n) is 4.55. The second-order valence-corrected chi connectivity index (χ2v) is 5.42. The maximum absolute atomic E-state index is 12.2. The number of carbonyl (C=O) groups is 1. The predicted molar refractivity (Wildman–Crippen MR) is 88.2 cm³/mol. The number of hydrogen-bond acceptors (Lipinski definition) is 3. The third-order valence-corrected chi connectivity index (χ3v) is 3.40. The molecule has 116 valence electrons. The molecule has 0 aliphatic heterocycles. The Morgan fingerprint density at radius 2 is 1.73 bits per heavy atom. The van der Waals surface area contributed by atoms with E-state index < -0.39 is 6.10 Å². The molecule has 1 amide bonds. The van der Waals surface area contributed by atoms with E-state index in [9.17, 15) is 4.79 Å². The van der Waals surface area contributed by atoms with Gasteiger partial charge < -0.3 is 14.8 Å². The summed E-state index contributed by atoms with van der Waals surface area (Å²) in [5.41, 5.74) is 0.492. The van der Waals surface area contributed by atoms with Crippen molar-refractivity contribution in [1.29, 1.82) is 0 Å². The zero-order chi connectivity index (χ0) is 16.1. The Kier molecular flexibility index (Phi) is 5.52. The molecule has 0 spiro atoms.